The highest BCUT2D eigenvalue weighted by Gasteiger charge is 2.25. The topological polar surface area (TPSA) is 96.9 Å². The Morgan fingerprint density at radius 1 is 1.28 bits per heavy atom. The van der Waals surface area contributed by atoms with Gasteiger partial charge in [0.25, 0.3) is 5.69 Å². The van der Waals surface area contributed by atoms with Crippen LogP contribution in [0.15, 0.2) is 57.3 Å². The lowest BCUT2D eigenvalue weighted by Gasteiger charge is -2.15. The molecule has 2 aromatic carbocycles. The van der Waals surface area contributed by atoms with Crippen molar-refractivity contribution in [3.8, 4) is 6.07 Å². The number of nitro benzene ring substituents is 1. The summed E-state index contributed by atoms with van der Waals surface area (Å²) >= 11 is 2.86. The Kier molecular flexibility index (Phi) is 5.82. The van der Waals surface area contributed by atoms with Crippen molar-refractivity contribution >= 4 is 50.9 Å². The van der Waals surface area contributed by atoms with Crippen molar-refractivity contribution < 1.29 is 9.72 Å². The molecule has 3 aromatic rings. The molecule has 0 atom stereocenters. The number of rotatable bonds is 5. The summed E-state index contributed by atoms with van der Waals surface area (Å²) in [5.74, 6) is -0.317. The molecule has 0 spiro atoms. The van der Waals surface area contributed by atoms with E-state index in [9.17, 15) is 20.2 Å². The third-order valence-corrected chi connectivity index (χ3v) is 6.21. The molecule has 0 N–H and O–H groups in total. The summed E-state index contributed by atoms with van der Waals surface area (Å²) < 4.78 is 1.81. The second-order valence-corrected chi connectivity index (χ2v) is 9.60. The van der Waals surface area contributed by atoms with Gasteiger partial charge >= 0.3 is 0 Å². The van der Waals surface area contributed by atoms with E-state index < -0.39 is 10.3 Å². The van der Waals surface area contributed by atoms with Gasteiger partial charge in [-0.2, -0.15) is 5.26 Å². The number of carbonyl (C=O) groups excluding carboxylic acids is 1. The molecular weight excluding hydrogens is 406 g/mol. The molecule has 0 aliphatic rings. The normalized spacial score (nSPS) is 12.0. The number of benzene rings is 2. The third-order valence-electron chi connectivity index (χ3n) is 4.02. The molecule has 29 heavy (non-hydrogen) atoms. The van der Waals surface area contributed by atoms with Gasteiger partial charge in [0.1, 0.15) is 6.07 Å². The molecule has 0 fully saturated rings. The number of allylic oxidation sites excluding steroid dienone is 1. The number of nitriles is 1. The summed E-state index contributed by atoms with van der Waals surface area (Å²) in [6, 6.07) is 14.1. The number of Topliss-reactive ketones (excluding diaryl/α,β-unsaturated/α-hetero) is 1. The Balaban J connectivity index is 2.07. The number of hydrogen-bond donors (Lipinski definition) is 0. The van der Waals surface area contributed by atoms with Gasteiger partial charge in [0.05, 0.1) is 20.7 Å². The van der Waals surface area contributed by atoms with Crippen LogP contribution < -0.4 is 0 Å². The zero-order chi connectivity index (χ0) is 21.2. The molecule has 0 aliphatic carbocycles. The van der Waals surface area contributed by atoms with Crippen molar-refractivity contribution in [2.75, 3.05) is 0 Å². The van der Waals surface area contributed by atoms with Crippen LogP contribution in [-0.4, -0.2) is 15.7 Å². The minimum absolute atomic E-state index is 0.0378. The van der Waals surface area contributed by atoms with Crippen LogP contribution >= 0.6 is 23.1 Å². The number of carbonyl (C=O) groups is 1. The minimum atomic E-state index is -0.734. The predicted octanol–water partition coefficient (Wildman–Crippen LogP) is 5.88. The zero-order valence-electron chi connectivity index (χ0n) is 16.0. The second-order valence-electron chi connectivity index (χ2n) is 7.28. The van der Waals surface area contributed by atoms with Gasteiger partial charge in [0.15, 0.2) is 10.1 Å². The number of thiazole rings is 1. The van der Waals surface area contributed by atoms with E-state index >= 15 is 0 Å². The van der Waals surface area contributed by atoms with Gasteiger partial charge in [-0.25, -0.2) is 4.98 Å². The first-order valence-corrected chi connectivity index (χ1v) is 10.3. The standard InChI is InChI=1S/C21H17N3O3S2/c1-21(2,3)19(25)14(12-22)10-13-11-15(24(26)27)8-9-17(13)28-20-23-16-6-4-5-7-18(16)29-20/h4-11H,1-3H3. The van der Waals surface area contributed by atoms with Crippen molar-refractivity contribution in [1.82, 2.24) is 4.98 Å². The molecule has 0 aliphatic heterocycles. The van der Waals surface area contributed by atoms with E-state index in [0.717, 1.165) is 14.6 Å². The summed E-state index contributed by atoms with van der Waals surface area (Å²) in [4.78, 5) is 28.5. The first-order chi connectivity index (χ1) is 13.7. The molecule has 146 valence electrons. The first kappa shape index (κ1) is 20.7. The highest BCUT2D eigenvalue weighted by molar-refractivity contribution is 8.01. The van der Waals surface area contributed by atoms with E-state index in [1.165, 1.54) is 41.3 Å². The van der Waals surface area contributed by atoms with Gasteiger partial charge in [-0.15, -0.1) is 11.3 Å². The van der Waals surface area contributed by atoms with Gasteiger partial charge < -0.3 is 0 Å². The molecule has 0 amide bonds. The highest BCUT2D eigenvalue weighted by atomic mass is 32.2. The smallest absolute Gasteiger partial charge is 0.270 e. The van der Waals surface area contributed by atoms with Crippen molar-refractivity contribution in [2.24, 2.45) is 5.41 Å². The number of fused-ring (bicyclic) bond motifs is 1. The van der Waals surface area contributed by atoms with Crippen molar-refractivity contribution in [1.29, 1.82) is 5.26 Å². The van der Waals surface area contributed by atoms with Gasteiger partial charge in [-0.1, -0.05) is 44.7 Å². The Bertz CT molecular complexity index is 1150. The van der Waals surface area contributed by atoms with E-state index in [4.69, 9.17) is 0 Å². The van der Waals surface area contributed by atoms with Crippen LogP contribution in [0, 0.1) is 26.9 Å². The highest BCUT2D eigenvalue weighted by Crippen LogP contribution is 2.38. The second kappa shape index (κ2) is 8.15. The Hall–Kier alpha value is -3.02. The molecule has 0 saturated heterocycles. The minimum Gasteiger partial charge on any atom is -0.293 e. The molecule has 0 radical (unpaired) electrons. The van der Waals surface area contributed by atoms with Crippen molar-refractivity contribution in [3.05, 3.63) is 63.7 Å². The lowest BCUT2D eigenvalue weighted by Crippen LogP contribution is -2.21. The summed E-state index contributed by atoms with van der Waals surface area (Å²) in [6.07, 6.45) is 1.43. The quantitative estimate of drug-likeness (QED) is 0.220. The van der Waals surface area contributed by atoms with E-state index in [1.54, 1.807) is 26.8 Å². The van der Waals surface area contributed by atoms with Crippen LogP contribution in [0.3, 0.4) is 0 Å². The molecular formula is C21H17N3O3S2. The summed E-state index contributed by atoms with van der Waals surface area (Å²) in [6.45, 7) is 5.18. The molecule has 3 rings (SSSR count). The van der Waals surface area contributed by atoms with Crippen LogP contribution in [0.5, 0.6) is 0 Å². The summed E-state index contributed by atoms with van der Waals surface area (Å²) in [7, 11) is 0. The number of para-hydroxylation sites is 1. The van der Waals surface area contributed by atoms with Crippen molar-refractivity contribution in [3.63, 3.8) is 0 Å². The number of nitrogens with zero attached hydrogens (tertiary/aromatic N) is 3. The average Bonchev–Trinajstić information content (AvgIpc) is 3.08. The largest absolute Gasteiger partial charge is 0.293 e. The maximum atomic E-state index is 12.6. The molecule has 1 heterocycles. The van der Waals surface area contributed by atoms with E-state index in [2.05, 4.69) is 4.98 Å². The number of ketones is 1. The Morgan fingerprint density at radius 2 is 2.00 bits per heavy atom. The Morgan fingerprint density at radius 3 is 2.62 bits per heavy atom. The molecule has 0 bridgehead atoms. The van der Waals surface area contributed by atoms with Crippen LogP contribution in [0.2, 0.25) is 0 Å². The summed E-state index contributed by atoms with van der Waals surface area (Å²) in [5.41, 5.74) is 0.439. The Labute approximate surface area is 176 Å². The number of aromatic nitrogens is 1. The van der Waals surface area contributed by atoms with Crippen molar-refractivity contribution in [2.45, 2.75) is 30.0 Å². The van der Waals surface area contributed by atoms with Gasteiger partial charge in [-0.05, 0) is 29.8 Å². The van der Waals surface area contributed by atoms with Gasteiger partial charge in [-0.3, -0.25) is 14.9 Å². The van der Waals surface area contributed by atoms with E-state index in [1.807, 2.05) is 30.3 Å². The third kappa shape index (κ3) is 4.70. The van der Waals surface area contributed by atoms with Crippen LogP contribution in [0.4, 0.5) is 5.69 Å². The maximum absolute atomic E-state index is 12.6. The monoisotopic (exact) mass is 423 g/mol. The number of hydrogen-bond acceptors (Lipinski definition) is 7. The fourth-order valence-electron chi connectivity index (χ4n) is 2.55. The van der Waals surface area contributed by atoms with Crippen LogP contribution in [0.25, 0.3) is 16.3 Å². The molecule has 6 nitrogen and oxygen atoms in total. The molecule has 8 heteroatoms. The molecule has 1 aromatic heterocycles. The fourth-order valence-corrected chi connectivity index (χ4v) is 4.66. The number of nitro groups is 1. The van der Waals surface area contributed by atoms with Crippen LogP contribution in [-0.2, 0) is 4.79 Å². The zero-order valence-corrected chi connectivity index (χ0v) is 17.6. The fraction of sp³-hybridized carbons (Fsp3) is 0.190. The molecule has 0 saturated carbocycles. The summed E-state index contributed by atoms with van der Waals surface area (Å²) in [5, 5.41) is 20.7. The average molecular weight is 424 g/mol. The maximum Gasteiger partial charge on any atom is 0.270 e. The number of non-ortho nitro benzene ring substituents is 1. The van der Waals surface area contributed by atoms with Crippen LogP contribution in [0.1, 0.15) is 26.3 Å². The van der Waals surface area contributed by atoms with E-state index in [0.29, 0.717) is 10.5 Å². The lowest BCUT2D eigenvalue weighted by molar-refractivity contribution is -0.384. The lowest BCUT2D eigenvalue weighted by atomic mass is 9.86. The van der Waals surface area contributed by atoms with Gasteiger partial charge in [0, 0.05) is 22.4 Å². The first-order valence-electron chi connectivity index (χ1n) is 8.67. The van der Waals surface area contributed by atoms with E-state index in [-0.39, 0.29) is 17.0 Å². The SMILES string of the molecule is CC(C)(C)C(=O)C(C#N)=Cc1cc([N+](=O)[O-])ccc1Sc1nc2ccccc2s1. The molecule has 0 unspecified atom stereocenters. The predicted molar refractivity (Wildman–Crippen MR) is 115 cm³/mol. The van der Waals surface area contributed by atoms with Gasteiger partial charge in [0.2, 0.25) is 0 Å².